The van der Waals surface area contributed by atoms with Crippen molar-refractivity contribution in [2.45, 2.75) is 13.8 Å². The van der Waals surface area contributed by atoms with Crippen LogP contribution < -0.4 is 14.8 Å². The van der Waals surface area contributed by atoms with Crippen molar-refractivity contribution in [2.24, 2.45) is 0 Å². The molecule has 2 aromatic rings. The molecule has 0 aliphatic carbocycles. The highest BCUT2D eigenvalue weighted by Crippen LogP contribution is 2.27. The third kappa shape index (κ3) is 4.36. The molecule has 2 aromatic carbocycles. The number of hydrogen-bond donors (Lipinski definition) is 1. The van der Waals surface area contributed by atoms with Crippen molar-refractivity contribution in [1.82, 2.24) is 0 Å². The van der Waals surface area contributed by atoms with Gasteiger partial charge in [0.15, 0.2) is 17.3 Å². The lowest BCUT2D eigenvalue weighted by Gasteiger charge is -2.08. The van der Waals surface area contributed by atoms with E-state index in [2.05, 4.69) is 11.4 Å². The lowest BCUT2D eigenvalue weighted by Crippen LogP contribution is -1.99. The Labute approximate surface area is 136 Å². The van der Waals surface area contributed by atoms with E-state index in [1.807, 2.05) is 26.0 Å². The number of hydrogen-bond acceptors (Lipinski definition) is 4. The van der Waals surface area contributed by atoms with E-state index in [1.165, 1.54) is 17.2 Å². The standard InChI is InChI=1S/C19H21NO3/c1-13-9-14(2)11-16(10-13)20-8-7-17(21)15-5-6-18(22-3)19(12-15)23-4/h5-12,20H,1-4H3. The fourth-order valence-electron chi connectivity index (χ4n) is 2.36. The van der Waals surface area contributed by atoms with E-state index < -0.39 is 0 Å². The maximum absolute atomic E-state index is 12.2. The number of carbonyl (C=O) groups excluding carboxylic acids is 1. The highest BCUT2D eigenvalue weighted by molar-refractivity contribution is 6.05. The second-order valence-corrected chi connectivity index (χ2v) is 5.29. The Morgan fingerprint density at radius 2 is 1.61 bits per heavy atom. The number of nitrogens with one attached hydrogen (secondary N) is 1. The monoisotopic (exact) mass is 311 g/mol. The van der Waals surface area contributed by atoms with Crippen LogP contribution in [0.25, 0.3) is 0 Å². The Morgan fingerprint density at radius 3 is 2.22 bits per heavy atom. The van der Waals surface area contributed by atoms with E-state index in [4.69, 9.17) is 9.47 Å². The van der Waals surface area contributed by atoms with E-state index in [0.29, 0.717) is 17.1 Å². The highest BCUT2D eigenvalue weighted by Gasteiger charge is 2.08. The zero-order valence-electron chi connectivity index (χ0n) is 13.8. The molecule has 0 atom stereocenters. The zero-order valence-corrected chi connectivity index (χ0v) is 13.8. The van der Waals surface area contributed by atoms with Crippen molar-refractivity contribution >= 4 is 11.5 Å². The van der Waals surface area contributed by atoms with Crippen LogP contribution in [-0.4, -0.2) is 20.0 Å². The summed E-state index contributed by atoms with van der Waals surface area (Å²) in [5.41, 5.74) is 3.85. The Balaban J connectivity index is 2.09. The number of ketones is 1. The number of allylic oxidation sites excluding steroid dienone is 1. The average Bonchev–Trinajstić information content (AvgIpc) is 2.53. The molecule has 0 spiro atoms. The molecule has 0 heterocycles. The van der Waals surface area contributed by atoms with Gasteiger partial charge in [0.2, 0.25) is 0 Å². The fraction of sp³-hybridized carbons (Fsp3) is 0.211. The summed E-state index contributed by atoms with van der Waals surface area (Å²) in [7, 11) is 3.11. The van der Waals surface area contributed by atoms with Gasteiger partial charge in [0.1, 0.15) is 0 Å². The molecular formula is C19H21NO3. The molecule has 0 radical (unpaired) electrons. The smallest absolute Gasteiger partial charge is 0.187 e. The van der Waals surface area contributed by atoms with Crippen molar-refractivity contribution in [3.8, 4) is 11.5 Å². The zero-order chi connectivity index (χ0) is 16.8. The first-order valence-corrected chi connectivity index (χ1v) is 7.31. The molecule has 0 amide bonds. The first kappa shape index (κ1) is 16.6. The van der Waals surface area contributed by atoms with Crippen molar-refractivity contribution in [2.75, 3.05) is 19.5 Å². The van der Waals surface area contributed by atoms with Crippen molar-refractivity contribution in [3.05, 3.63) is 65.4 Å². The molecule has 2 rings (SSSR count). The van der Waals surface area contributed by atoms with E-state index >= 15 is 0 Å². The number of ether oxygens (including phenoxy) is 2. The molecule has 0 saturated carbocycles. The van der Waals surface area contributed by atoms with Gasteiger partial charge in [0.25, 0.3) is 0 Å². The third-order valence-electron chi connectivity index (χ3n) is 3.37. The van der Waals surface area contributed by atoms with Gasteiger partial charge in [0.05, 0.1) is 14.2 Å². The molecule has 0 bridgehead atoms. The summed E-state index contributed by atoms with van der Waals surface area (Å²) in [5.74, 6) is 1.03. The molecule has 4 nitrogen and oxygen atoms in total. The van der Waals surface area contributed by atoms with Crippen LogP contribution in [0.4, 0.5) is 5.69 Å². The van der Waals surface area contributed by atoms with Gasteiger partial charge in [0, 0.05) is 23.5 Å². The van der Waals surface area contributed by atoms with E-state index in [9.17, 15) is 4.79 Å². The fourth-order valence-corrected chi connectivity index (χ4v) is 2.36. The van der Waals surface area contributed by atoms with Gasteiger partial charge >= 0.3 is 0 Å². The van der Waals surface area contributed by atoms with Gasteiger partial charge in [-0.1, -0.05) is 6.07 Å². The minimum Gasteiger partial charge on any atom is -0.493 e. The maximum atomic E-state index is 12.2. The van der Waals surface area contributed by atoms with Gasteiger partial charge in [-0.3, -0.25) is 4.79 Å². The number of methoxy groups -OCH3 is 2. The molecule has 0 aliphatic rings. The molecule has 0 fully saturated rings. The second kappa shape index (κ2) is 7.49. The molecular weight excluding hydrogens is 290 g/mol. The number of benzene rings is 2. The SMILES string of the molecule is COc1ccc(C(=O)C=CNc2cc(C)cc(C)c2)cc1OC. The molecule has 0 aromatic heterocycles. The summed E-state index contributed by atoms with van der Waals surface area (Å²) in [6, 6.07) is 11.3. The summed E-state index contributed by atoms with van der Waals surface area (Å²) in [5, 5.41) is 3.12. The lowest BCUT2D eigenvalue weighted by molar-refractivity contribution is 0.104. The molecule has 0 unspecified atom stereocenters. The molecule has 120 valence electrons. The molecule has 0 saturated heterocycles. The van der Waals surface area contributed by atoms with Crippen LogP contribution in [-0.2, 0) is 0 Å². The van der Waals surface area contributed by atoms with E-state index in [-0.39, 0.29) is 5.78 Å². The molecule has 0 aliphatic heterocycles. The maximum Gasteiger partial charge on any atom is 0.187 e. The normalized spacial score (nSPS) is 10.6. The van der Waals surface area contributed by atoms with E-state index in [0.717, 1.165) is 5.69 Å². The summed E-state index contributed by atoms with van der Waals surface area (Å²) in [6.07, 6.45) is 3.15. The Bertz CT molecular complexity index is 715. The predicted molar refractivity (Wildman–Crippen MR) is 92.6 cm³/mol. The van der Waals surface area contributed by atoms with Gasteiger partial charge in [-0.15, -0.1) is 0 Å². The minimum absolute atomic E-state index is 0.108. The van der Waals surface area contributed by atoms with Gasteiger partial charge < -0.3 is 14.8 Å². The van der Waals surface area contributed by atoms with Crippen LogP contribution in [0.2, 0.25) is 0 Å². The highest BCUT2D eigenvalue weighted by atomic mass is 16.5. The largest absolute Gasteiger partial charge is 0.493 e. The number of anilines is 1. The van der Waals surface area contributed by atoms with Crippen molar-refractivity contribution in [3.63, 3.8) is 0 Å². The Morgan fingerprint density at radius 1 is 0.957 bits per heavy atom. The summed E-state index contributed by atoms with van der Waals surface area (Å²) in [4.78, 5) is 12.2. The molecule has 1 N–H and O–H groups in total. The number of carbonyl (C=O) groups is 1. The van der Waals surface area contributed by atoms with Gasteiger partial charge in [-0.25, -0.2) is 0 Å². The molecule has 23 heavy (non-hydrogen) atoms. The van der Waals surface area contributed by atoms with Crippen LogP contribution in [0.3, 0.4) is 0 Å². The van der Waals surface area contributed by atoms with E-state index in [1.54, 1.807) is 38.6 Å². The summed E-state index contributed by atoms with van der Waals surface area (Å²) < 4.78 is 10.4. The first-order valence-electron chi connectivity index (χ1n) is 7.31. The molecule has 4 heteroatoms. The van der Waals surface area contributed by atoms with Crippen LogP contribution >= 0.6 is 0 Å². The van der Waals surface area contributed by atoms with Crippen LogP contribution in [0.15, 0.2) is 48.7 Å². The minimum atomic E-state index is -0.108. The van der Waals surface area contributed by atoms with Crippen molar-refractivity contribution < 1.29 is 14.3 Å². The van der Waals surface area contributed by atoms with Crippen LogP contribution in [0, 0.1) is 13.8 Å². The summed E-state index contributed by atoms with van der Waals surface area (Å²) in [6.45, 7) is 4.08. The Kier molecular flexibility index (Phi) is 5.41. The number of rotatable bonds is 6. The Hall–Kier alpha value is -2.75. The number of aryl methyl sites for hydroxylation is 2. The third-order valence-corrected chi connectivity index (χ3v) is 3.37. The van der Waals surface area contributed by atoms with Crippen LogP contribution in [0.5, 0.6) is 11.5 Å². The average molecular weight is 311 g/mol. The summed E-state index contributed by atoms with van der Waals surface area (Å²) >= 11 is 0. The first-order chi connectivity index (χ1) is 11.0. The lowest BCUT2D eigenvalue weighted by atomic mass is 10.1. The van der Waals surface area contributed by atoms with Crippen LogP contribution in [0.1, 0.15) is 21.5 Å². The van der Waals surface area contributed by atoms with Crippen molar-refractivity contribution in [1.29, 1.82) is 0 Å². The predicted octanol–water partition coefficient (Wildman–Crippen LogP) is 4.13. The second-order valence-electron chi connectivity index (χ2n) is 5.29. The topological polar surface area (TPSA) is 47.6 Å². The van der Waals surface area contributed by atoms with Gasteiger partial charge in [-0.2, -0.15) is 0 Å². The quantitative estimate of drug-likeness (QED) is 0.643. The van der Waals surface area contributed by atoms with Gasteiger partial charge in [-0.05, 0) is 55.3 Å².